The van der Waals surface area contributed by atoms with E-state index in [1.807, 2.05) is 53.8 Å². The van der Waals surface area contributed by atoms with Crippen molar-refractivity contribution in [3.63, 3.8) is 0 Å². The van der Waals surface area contributed by atoms with Crippen LogP contribution in [0.15, 0.2) is 55.0 Å². The van der Waals surface area contributed by atoms with Gasteiger partial charge in [0.15, 0.2) is 6.10 Å². The van der Waals surface area contributed by atoms with Gasteiger partial charge in [-0.05, 0) is 32.3 Å². The number of carbonyl (C=O) groups is 2. The van der Waals surface area contributed by atoms with Crippen LogP contribution in [0.25, 0.3) is 0 Å². The number of likely N-dealkylation sites (tertiary alicyclic amines) is 1. The van der Waals surface area contributed by atoms with Crippen molar-refractivity contribution in [3.05, 3.63) is 66.1 Å². The van der Waals surface area contributed by atoms with Crippen LogP contribution in [0, 0.1) is 0 Å². The summed E-state index contributed by atoms with van der Waals surface area (Å²) in [7, 11) is 1.52. The van der Waals surface area contributed by atoms with Crippen LogP contribution in [0.2, 0.25) is 0 Å². The summed E-state index contributed by atoms with van der Waals surface area (Å²) in [5, 5.41) is 11.7. The molecule has 1 aliphatic heterocycles. The summed E-state index contributed by atoms with van der Waals surface area (Å²) in [6.07, 6.45) is 5.91. The molecule has 0 saturated carbocycles. The second-order valence-corrected chi connectivity index (χ2v) is 8.50. The highest BCUT2D eigenvalue weighted by molar-refractivity contribution is 5.94. The second kappa shape index (κ2) is 9.99. The molecule has 9 nitrogen and oxygen atoms in total. The first-order valence-electron chi connectivity index (χ1n) is 11.2. The lowest BCUT2D eigenvalue weighted by Crippen LogP contribution is -2.39. The van der Waals surface area contributed by atoms with Crippen LogP contribution in [0.5, 0.6) is 0 Å². The number of aromatic nitrogens is 4. The molecule has 1 fully saturated rings. The van der Waals surface area contributed by atoms with Crippen LogP contribution >= 0.6 is 0 Å². The number of carbonyl (C=O) groups excluding carboxylic acids is 2. The van der Waals surface area contributed by atoms with Crippen molar-refractivity contribution < 1.29 is 14.3 Å². The maximum Gasteiger partial charge on any atom is 0.259 e. The van der Waals surface area contributed by atoms with E-state index >= 15 is 0 Å². The molecule has 3 aromatic rings. The third-order valence-electron chi connectivity index (χ3n) is 5.97. The van der Waals surface area contributed by atoms with Crippen molar-refractivity contribution >= 4 is 17.6 Å². The van der Waals surface area contributed by atoms with E-state index in [0.717, 1.165) is 18.4 Å². The summed E-state index contributed by atoms with van der Waals surface area (Å²) in [5.74, 6) is 0.376. The van der Waals surface area contributed by atoms with Gasteiger partial charge in [0.1, 0.15) is 5.82 Å². The van der Waals surface area contributed by atoms with E-state index in [1.165, 1.54) is 7.11 Å². The van der Waals surface area contributed by atoms with Crippen LogP contribution in [0.1, 0.15) is 60.8 Å². The van der Waals surface area contributed by atoms with E-state index in [4.69, 9.17) is 4.74 Å². The lowest BCUT2D eigenvalue weighted by Gasteiger charge is -2.32. The molecule has 0 aliphatic carbocycles. The molecule has 1 aliphatic rings. The van der Waals surface area contributed by atoms with Gasteiger partial charge >= 0.3 is 0 Å². The minimum atomic E-state index is -0.708. The molecule has 3 heterocycles. The first kappa shape index (κ1) is 22.7. The number of benzene rings is 1. The lowest BCUT2D eigenvalue weighted by molar-refractivity contribution is -0.126. The Morgan fingerprint density at radius 2 is 1.82 bits per heavy atom. The van der Waals surface area contributed by atoms with E-state index in [9.17, 15) is 9.59 Å². The largest absolute Gasteiger partial charge is 0.367 e. The molecule has 0 bridgehead atoms. The van der Waals surface area contributed by atoms with E-state index in [1.54, 1.807) is 29.3 Å². The number of piperidine rings is 1. The van der Waals surface area contributed by atoms with Gasteiger partial charge in [0, 0.05) is 38.5 Å². The number of hydrogen-bond donors (Lipinski definition) is 1. The zero-order chi connectivity index (χ0) is 23.4. The normalized spacial score (nSPS) is 15.6. The maximum atomic E-state index is 12.9. The van der Waals surface area contributed by atoms with Crippen LogP contribution < -0.4 is 5.32 Å². The fourth-order valence-electron chi connectivity index (χ4n) is 4.15. The van der Waals surface area contributed by atoms with Gasteiger partial charge in [0.05, 0.1) is 24.0 Å². The zero-order valence-electron chi connectivity index (χ0n) is 19.2. The molecule has 9 heteroatoms. The predicted octanol–water partition coefficient (Wildman–Crippen LogP) is 3.46. The van der Waals surface area contributed by atoms with Crippen molar-refractivity contribution in [2.75, 3.05) is 25.5 Å². The summed E-state index contributed by atoms with van der Waals surface area (Å²) in [4.78, 5) is 27.6. The Morgan fingerprint density at radius 3 is 2.45 bits per heavy atom. The summed E-state index contributed by atoms with van der Waals surface area (Å²) in [6, 6.07) is 11.5. The summed E-state index contributed by atoms with van der Waals surface area (Å²) >= 11 is 0. The van der Waals surface area contributed by atoms with Crippen molar-refractivity contribution in [1.82, 2.24) is 24.5 Å². The SMILES string of the molecule is CO[C@@H](C(=O)Nc1ccnn1C1CCN(C(=O)c2cnn(C(C)C)c2)CC1)c1ccccc1. The molecule has 1 N–H and O–H groups in total. The molecule has 0 spiro atoms. The average molecular weight is 451 g/mol. The number of anilines is 1. The fraction of sp³-hybridized carbons (Fsp3) is 0.417. The minimum absolute atomic E-state index is 0.000129. The Kier molecular flexibility index (Phi) is 6.88. The van der Waals surface area contributed by atoms with Crippen LogP contribution in [0.3, 0.4) is 0 Å². The Hall–Kier alpha value is -3.46. The van der Waals surface area contributed by atoms with Crippen LogP contribution in [-0.2, 0) is 9.53 Å². The number of nitrogens with zero attached hydrogens (tertiary/aromatic N) is 5. The summed E-state index contributed by atoms with van der Waals surface area (Å²) in [6.45, 7) is 5.30. The quantitative estimate of drug-likeness (QED) is 0.595. The van der Waals surface area contributed by atoms with E-state index in [-0.39, 0.29) is 23.9 Å². The molecule has 2 aromatic heterocycles. The number of hydrogen-bond acceptors (Lipinski definition) is 5. The van der Waals surface area contributed by atoms with Crippen molar-refractivity contribution in [3.8, 4) is 0 Å². The minimum Gasteiger partial charge on any atom is -0.367 e. The Morgan fingerprint density at radius 1 is 1.09 bits per heavy atom. The van der Waals surface area contributed by atoms with Gasteiger partial charge in [0.2, 0.25) is 0 Å². The third kappa shape index (κ3) is 4.98. The molecule has 0 unspecified atom stereocenters. The van der Waals surface area contributed by atoms with E-state index < -0.39 is 6.10 Å². The molecule has 1 saturated heterocycles. The van der Waals surface area contributed by atoms with Gasteiger partial charge < -0.3 is 15.0 Å². The third-order valence-corrected chi connectivity index (χ3v) is 5.97. The number of ether oxygens (including phenoxy) is 1. The first-order valence-corrected chi connectivity index (χ1v) is 11.2. The predicted molar refractivity (Wildman–Crippen MR) is 124 cm³/mol. The van der Waals surface area contributed by atoms with Crippen molar-refractivity contribution in [1.29, 1.82) is 0 Å². The van der Waals surface area contributed by atoms with Gasteiger partial charge in [-0.15, -0.1) is 0 Å². The molecule has 1 aromatic carbocycles. The Balaban J connectivity index is 1.38. The van der Waals surface area contributed by atoms with E-state index in [2.05, 4.69) is 15.5 Å². The highest BCUT2D eigenvalue weighted by Gasteiger charge is 2.28. The molecule has 2 amide bonds. The highest BCUT2D eigenvalue weighted by atomic mass is 16.5. The second-order valence-electron chi connectivity index (χ2n) is 8.50. The van der Waals surface area contributed by atoms with Gasteiger partial charge in [-0.3, -0.25) is 14.3 Å². The number of nitrogens with one attached hydrogen (secondary N) is 1. The Bertz CT molecular complexity index is 1080. The average Bonchev–Trinajstić information content (AvgIpc) is 3.50. The molecule has 174 valence electrons. The lowest BCUT2D eigenvalue weighted by atomic mass is 10.0. The standard InChI is InChI=1S/C24H30N6O3/c1-17(2)29-16-19(15-26-29)24(32)28-13-10-20(11-14-28)30-21(9-12-25-30)27-23(31)22(33-3)18-7-5-4-6-8-18/h4-9,12,15-17,20,22H,10-11,13-14H2,1-3H3,(H,27,31)/t22-/m1/s1. The molecule has 1 atom stereocenters. The van der Waals surface area contributed by atoms with Crippen LogP contribution in [-0.4, -0.2) is 56.5 Å². The highest BCUT2D eigenvalue weighted by Crippen LogP contribution is 2.27. The van der Waals surface area contributed by atoms with Crippen molar-refractivity contribution in [2.24, 2.45) is 0 Å². The number of amides is 2. The smallest absolute Gasteiger partial charge is 0.259 e. The maximum absolute atomic E-state index is 12.9. The molecular weight excluding hydrogens is 420 g/mol. The molecule has 0 radical (unpaired) electrons. The van der Waals surface area contributed by atoms with Crippen molar-refractivity contribution in [2.45, 2.75) is 44.9 Å². The first-order chi connectivity index (χ1) is 16.0. The van der Waals surface area contributed by atoms with Crippen LogP contribution in [0.4, 0.5) is 5.82 Å². The summed E-state index contributed by atoms with van der Waals surface area (Å²) in [5.41, 5.74) is 1.40. The molecular formula is C24H30N6O3. The van der Waals surface area contributed by atoms with Gasteiger partial charge in [0.25, 0.3) is 11.8 Å². The Labute approximate surface area is 193 Å². The summed E-state index contributed by atoms with van der Waals surface area (Å²) < 4.78 is 9.07. The van der Waals surface area contributed by atoms with Gasteiger partial charge in [-0.2, -0.15) is 10.2 Å². The van der Waals surface area contributed by atoms with E-state index in [0.29, 0.717) is 24.5 Å². The van der Waals surface area contributed by atoms with Gasteiger partial charge in [-0.25, -0.2) is 4.68 Å². The fourth-order valence-corrected chi connectivity index (χ4v) is 4.15. The number of rotatable bonds is 7. The molecule has 4 rings (SSSR count). The van der Waals surface area contributed by atoms with Gasteiger partial charge in [-0.1, -0.05) is 30.3 Å². The molecule has 33 heavy (non-hydrogen) atoms. The zero-order valence-corrected chi connectivity index (χ0v) is 19.2. The topological polar surface area (TPSA) is 94.3 Å². The number of methoxy groups -OCH3 is 1. The monoisotopic (exact) mass is 450 g/mol.